The fraction of sp³-hybridized carbons (Fsp3) is 0.833. The Labute approximate surface area is 132 Å². The molecule has 0 aliphatic rings. The van der Waals surface area contributed by atoms with Gasteiger partial charge in [-0.15, -0.1) is 24.0 Å². The van der Waals surface area contributed by atoms with Crippen molar-refractivity contribution in [2.75, 3.05) is 33.9 Å². The molecule has 1 amide bonds. The summed E-state index contributed by atoms with van der Waals surface area (Å²) in [6.07, 6.45) is 1.38. The Bertz CT molecular complexity index is 274. The summed E-state index contributed by atoms with van der Waals surface area (Å²) in [4.78, 5) is 17.1. The average Bonchev–Trinajstić information content (AvgIpc) is 2.35. The Morgan fingerprint density at radius 3 is 2.53 bits per heavy atom. The maximum Gasteiger partial charge on any atom is 0.243 e. The van der Waals surface area contributed by atoms with E-state index >= 15 is 0 Å². The van der Waals surface area contributed by atoms with Gasteiger partial charge in [0.1, 0.15) is 6.54 Å². The van der Waals surface area contributed by atoms with Crippen molar-refractivity contribution >= 4 is 35.8 Å². The average molecular weight is 388 g/mol. The van der Waals surface area contributed by atoms with Crippen LogP contribution < -0.4 is 10.6 Å². The molecule has 114 valence electrons. The zero-order valence-corrected chi connectivity index (χ0v) is 14.5. The summed E-state index contributed by atoms with van der Waals surface area (Å²) in [6, 6.07) is 0.260. The number of amides is 1. The first-order valence-electron chi connectivity index (χ1n) is 6.32. The number of likely N-dealkylation sites (N-methyl/N-ethyl adjacent to an activating group) is 1. The number of nitrogens with zero attached hydrogens (tertiary/aromatic N) is 2. The largest absolute Gasteiger partial charge is 0.356 e. The smallest absolute Gasteiger partial charge is 0.243 e. The lowest BCUT2D eigenvalue weighted by Crippen LogP contribution is -2.43. The number of alkyl halides is 1. The molecule has 1 unspecified atom stereocenters. The van der Waals surface area contributed by atoms with Crippen molar-refractivity contribution in [2.24, 2.45) is 4.99 Å². The second kappa shape index (κ2) is 12.4. The van der Waals surface area contributed by atoms with E-state index in [2.05, 4.69) is 22.5 Å². The van der Waals surface area contributed by atoms with E-state index in [1.807, 2.05) is 6.92 Å². The summed E-state index contributed by atoms with van der Waals surface area (Å²) >= 11 is 0. The van der Waals surface area contributed by atoms with Crippen molar-refractivity contribution < 1.29 is 9.18 Å². The molecule has 0 bridgehead atoms. The van der Waals surface area contributed by atoms with Gasteiger partial charge in [0, 0.05) is 26.7 Å². The number of halogens is 2. The minimum Gasteiger partial charge on any atom is -0.356 e. The fourth-order valence-electron chi connectivity index (χ4n) is 1.05. The molecule has 19 heavy (non-hydrogen) atoms. The molecule has 1 atom stereocenters. The van der Waals surface area contributed by atoms with Gasteiger partial charge < -0.3 is 15.5 Å². The Kier molecular flexibility index (Phi) is 13.6. The summed E-state index contributed by atoms with van der Waals surface area (Å²) < 4.78 is 12.0. The normalized spacial score (nSPS) is 12.4. The topological polar surface area (TPSA) is 56.7 Å². The second-order valence-electron chi connectivity index (χ2n) is 4.38. The number of hydrogen-bond donors (Lipinski definition) is 2. The Balaban J connectivity index is 0. The minimum atomic E-state index is -0.361. The Morgan fingerprint density at radius 2 is 2.05 bits per heavy atom. The summed E-state index contributed by atoms with van der Waals surface area (Å²) in [7, 11) is 3.38. The number of rotatable bonds is 7. The lowest BCUT2D eigenvalue weighted by molar-refractivity contribution is -0.127. The molecule has 0 aromatic heterocycles. The molecule has 5 nitrogen and oxygen atoms in total. The van der Waals surface area contributed by atoms with E-state index in [0.717, 1.165) is 6.42 Å². The van der Waals surface area contributed by atoms with Crippen molar-refractivity contribution in [2.45, 2.75) is 32.7 Å². The van der Waals surface area contributed by atoms with Gasteiger partial charge in [0.15, 0.2) is 5.96 Å². The van der Waals surface area contributed by atoms with Gasteiger partial charge in [0.05, 0.1) is 6.67 Å². The van der Waals surface area contributed by atoms with Crippen LogP contribution in [0.25, 0.3) is 0 Å². The van der Waals surface area contributed by atoms with Crippen LogP contribution in [0.5, 0.6) is 0 Å². The van der Waals surface area contributed by atoms with E-state index in [9.17, 15) is 9.18 Å². The minimum absolute atomic E-state index is 0. The van der Waals surface area contributed by atoms with Gasteiger partial charge in [-0.25, -0.2) is 4.99 Å². The fourth-order valence-corrected chi connectivity index (χ4v) is 1.05. The molecule has 0 saturated heterocycles. The molecule has 0 aromatic carbocycles. The number of carbonyl (C=O) groups is 1. The van der Waals surface area contributed by atoms with E-state index in [0.29, 0.717) is 18.9 Å². The number of aliphatic imine (C=N–C) groups is 1. The molecule has 0 aromatic rings. The first-order chi connectivity index (χ1) is 8.51. The molecule has 0 aliphatic carbocycles. The van der Waals surface area contributed by atoms with Gasteiger partial charge >= 0.3 is 0 Å². The monoisotopic (exact) mass is 388 g/mol. The number of guanidine groups is 1. The van der Waals surface area contributed by atoms with Crippen molar-refractivity contribution in [1.82, 2.24) is 15.5 Å². The summed E-state index contributed by atoms with van der Waals surface area (Å²) in [5.74, 6) is 0.499. The highest BCUT2D eigenvalue weighted by Gasteiger charge is 2.06. The van der Waals surface area contributed by atoms with Crippen molar-refractivity contribution in [1.29, 1.82) is 0 Å². The van der Waals surface area contributed by atoms with Crippen LogP contribution in [0.3, 0.4) is 0 Å². The molecule has 2 N–H and O–H groups in total. The highest BCUT2D eigenvalue weighted by Crippen LogP contribution is 1.89. The van der Waals surface area contributed by atoms with Gasteiger partial charge in [-0.3, -0.25) is 9.18 Å². The van der Waals surface area contributed by atoms with Crippen LogP contribution in [0.1, 0.15) is 26.7 Å². The lowest BCUT2D eigenvalue weighted by Gasteiger charge is -2.17. The first-order valence-corrected chi connectivity index (χ1v) is 6.32. The summed E-state index contributed by atoms with van der Waals surface area (Å²) in [5, 5.41) is 6.17. The number of carbonyl (C=O) groups excluding carboxylic acids is 1. The molecule has 0 rings (SSSR count). The van der Waals surface area contributed by atoms with E-state index in [1.54, 1.807) is 14.1 Å². The maximum atomic E-state index is 12.0. The van der Waals surface area contributed by atoms with Crippen molar-refractivity contribution in [3.63, 3.8) is 0 Å². The van der Waals surface area contributed by atoms with Gasteiger partial charge in [-0.2, -0.15) is 0 Å². The van der Waals surface area contributed by atoms with Gasteiger partial charge in [0.25, 0.3) is 0 Å². The quantitative estimate of drug-likeness (QED) is 0.300. The molecular weight excluding hydrogens is 362 g/mol. The van der Waals surface area contributed by atoms with Crippen LogP contribution in [0.15, 0.2) is 4.99 Å². The zero-order chi connectivity index (χ0) is 14.0. The molecule has 0 aliphatic heterocycles. The first kappa shape index (κ1) is 20.7. The van der Waals surface area contributed by atoms with Crippen molar-refractivity contribution in [3.8, 4) is 0 Å². The Morgan fingerprint density at radius 1 is 1.42 bits per heavy atom. The molecule has 0 heterocycles. The van der Waals surface area contributed by atoms with Crippen LogP contribution >= 0.6 is 24.0 Å². The predicted octanol–water partition coefficient (Wildman–Crippen LogP) is 1.39. The maximum absolute atomic E-state index is 12.0. The van der Waals surface area contributed by atoms with Crippen LogP contribution in [-0.2, 0) is 4.79 Å². The Hall–Kier alpha value is -0.600. The number of nitrogens with one attached hydrogen (secondary N) is 2. The predicted molar refractivity (Wildman–Crippen MR) is 87.9 cm³/mol. The van der Waals surface area contributed by atoms with E-state index in [-0.39, 0.29) is 49.1 Å². The second-order valence-corrected chi connectivity index (χ2v) is 4.38. The van der Waals surface area contributed by atoms with Gasteiger partial charge in [0.2, 0.25) is 5.91 Å². The molecule has 7 heteroatoms. The van der Waals surface area contributed by atoms with Crippen LogP contribution in [0.2, 0.25) is 0 Å². The van der Waals surface area contributed by atoms with Crippen LogP contribution in [-0.4, -0.2) is 56.7 Å². The third-order valence-corrected chi connectivity index (χ3v) is 2.47. The third-order valence-electron chi connectivity index (χ3n) is 2.47. The molecular formula is C12H26FIN4O. The highest BCUT2D eigenvalue weighted by molar-refractivity contribution is 14.0. The molecule has 0 radical (unpaired) electrons. The molecule has 0 spiro atoms. The zero-order valence-electron chi connectivity index (χ0n) is 12.2. The van der Waals surface area contributed by atoms with E-state index in [1.165, 1.54) is 4.90 Å². The van der Waals surface area contributed by atoms with Gasteiger partial charge in [-0.1, -0.05) is 6.92 Å². The highest BCUT2D eigenvalue weighted by atomic mass is 127. The van der Waals surface area contributed by atoms with Crippen LogP contribution in [0.4, 0.5) is 4.39 Å². The summed E-state index contributed by atoms with van der Waals surface area (Å²) in [5.41, 5.74) is 0. The molecule has 0 fully saturated rings. The standard InChI is InChI=1S/C12H25FN4O.HI/c1-5-10(2)16-12(14-8-6-7-13)15-9-11(18)17(3)4;/h10H,5-9H2,1-4H3,(H2,14,15,16);1H. The lowest BCUT2D eigenvalue weighted by atomic mass is 10.3. The van der Waals surface area contributed by atoms with Gasteiger partial charge in [-0.05, 0) is 19.8 Å². The van der Waals surface area contributed by atoms with E-state index < -0.39 is 0 Å². The SMILES string of the molecule is CCC(C)NC(=NCC(=O)N(C)C)NCCCF.I. The van der Waals surface area contributed by atoms with Crippen molar-refractivity contribution in [3.05, 3.63) is 0 Å². The number of hydrogen-bond acceptors (Lipinski definition) is 2. The summed E-state index contributed by atoms with van der Waals surface area (Å²) in [6.45, 7) is 4.32. The van der Waals surface area contributed by atoms with Crippen LogP contribution in [0, 0.1) is 0 Å². The third kappa shape index (κ3) is 11.0. The van der Waals surface area contributed by atoms with E-state index in [4.69, 9.17) is 0 Å². The molecule has 0 saturated carbocycles.